The van der Waals surface area contributed by atoms with Crippen LogP contribution in [0.4, 0.5) is 0 Å². The number of imidazole rings is 1. The van der Waals surface area contributed by atoms with E-state index in [1.165, 1.54) is 6.42 Å². The molecule has 1 fully saturated rings. The van der Waals surface area contributed by atoms with Crippen LogP contribution in [-0.4, -0.2) is 41.0 Å². The average molecular weight is 439 g/mol. The quantitative estimate of drug-likeness (QED) is 0.437. The van der Waals surface area contributed by atoms with E-state index >= 15 is 0 Å². The molecule has 2 heterocycles. The van der Waals surface area contributed by atoms with Gasteiger partial charge in [-0.15, -0.1) is 24.0 Å². The van der Waals surface area contributed by atoms with E-state index < -0.39 is 0 Å². The molecule has 0 saturated carbocycles. The molecule has 1 saturated heterocycles. The Morgan fingerprint density at radius 3 is 2.71 bits per heavy atom. The summed E-state index contributed by atoms with van der Waals surface area (Å²) in [5.74, 6) is 1.87. The molecule has 1 aliphatic heterocycles. The summed E-state index contributed by atoms with van der Waals surface area (Å²) in [5.41, 5.74) is 2.56. The van der Waals surface area contributed by atoms with Crippen LogP contribution in [0.1, 0.15) is 26.1 Å². The van der Waals surface area contributed by atoms with Crippen molar-refractivity contribution >= 4 is 29.9 Å². The number of hydrogen-bond donors (Lipinski definition) is 2. The van der Waals surface area contributed by atoms with E-state index in [4.69, 9.17) is 0 Å². The number of hydrogen-bond acceptors (Lipinski definition) is 2. The maximum atomic E-state index is 4.46. The molecule has 0 amide bonds. The molecule has 2 N–H and O–H groups in total. The van der Waals surface area contributed by atoms with Gasteiger partial charge in [0, 0.05) is 20.1 Å². The van der Waals surface area contributed by atoms with Crippen LogP contribution in [-0.2, 0) is 6.54 Å². The lowest BCUT2D eigenvalue weighted by molar-refractivity contribution is 0.370. The van der Waals surface area contributed by atoms with Crippen molar-refractivity contribution < 1.29 is 0 Å². The molecule has 3 rings (SSSR count). The Morgan fingerprint density at radius 2 is 2.08 bits per heavy atom. The molecule has 0 spiro atoms. The van der Waals surface area contributed by atoms with Gasteiger partial charge in [0.05, 0.1) is 18.4 Å². The van der Waals surface area contributed by atoms with Gasteiger partial charge in [0.1, 0.15) is 5.82 Å². The minimum absolute atomic E-state index is 0. The highest BCUT2D eigenvalue weighted by Gasteiger charge is 2.30. The summed E-state index contributed by atoms with van der Waals surface area (Å²) >= 11 is 0. The Kier molecular flexibility index (Phi) is 6.26. The number of H-pyrrole nitrogens is 1. The number of rotatable bonds is 3. The molecule has 2 aromatic rings. The fraction of sp³-hybridized carbons (Fsp3) is 0.444. The van der Waals surface area contributed by atoms with Gasteiger partial charge >= 0.3 is 0 Å². The molecule has 0 aliphatic carbocycles. The molecule has 0 bridgehead atoms. The first-order chi connectivity index (χ1) is 11.1. The lowest BCUT2D eigenvalue weighted by Gasteiger charge is -2.23. The summed E-state index contributed by atoms with van der Waals surface area (Å²) in [6.07, 6.45) is 3.08. The third kappa shape index (κ3) is 4.49. The molecule has 1 aliphatic rings. The van der Waals surface area contributed by atoms with E-state index in [0.717, 1.165) is 36.1 Å². The highest BCUT2D eigenvalue weighted by molar-refractivity contribution is 14.0. The maximum Gasteiger partial charge on any atom is 0.194 e. The van der Waals surface area contributed by atoms with E-state index in [9.17, 15) is 0 Å². The topological polar surface area (TPSA) is 56.3 Å². The van der Waals surface area contributed by atoms with Crippen LogP contribution < -0.4 is 5.32 Å². The molecule has 1 aromatic heterocycles. The minimum atomic E-state index is 0. The van der Waals surface area contributed by atoms with Crippen LogP contribution in [0.25, 0.3) is 11.3 Å². The maximum absolute atomic E-state index is 4.46. The number of likely N-dealkylation sites (tertiary alicyclic amines) is 1. The van der Waals surface area contributed by atoms with Gasteiger partial charge in [-0.1, -0.05) is 44.2 Å². The summed E-state index contributed by atoms with van der Waals surface area (Å²) in [5, 5.41) is 3.41. The second-order valence-electron chi connectivity index (χ2n) is 6.85. The number of guanidine groups is 1. The predicted molar refractivity (Wildman–Crippen MR) is 110 cm³/mol. The van der Waals surface area contributed by atoms with Gasteiger partial charge in [0.15, 0.2) is 5.96 Å². The predicted octanol–water partition coefficient (Wildman–Crippen LogP) is 3.50. The number of aromatic amines is 1. The van der Waals surface area contributed by atoms with E-state index in [-0.39, 0.29) is 24.0 Å². The zero-order valence-electron chi connectivity index (χ0n) is 14.5. The molecule has 0 unspecified atom stereocenters. The molecule has 24 heavy (non-hydrogen) atoms. The van der Waals surface area contributed by atoms with Gasteiger partial charge < -0.3 is 15.2 Å². The van der Waals surface area contributed by atoms with Gasteiger partial charge in [0.25, 0.3) is 0 Å². The fourth-order valence-electron chi connectivity index (χ4n) is 3.00. The van der Waals surface area contributed by atoms with E-state index in [1.54, 1.807) is 0 Å². The zero-order valence-corrected chi connectivity index (χ0v) is 16.9. The fourth-order valence-corrected chi connectivity index (χ4v) is 3.00. The van der Waals surface area contributed by atoms with E-state index in [0.29, 0.717) is 12.0 Å². The first-order valence-electron chi connectivity index (χ1n) is 8.12. The molecular weight excluding hydrogens is 413 g/mol. The lowest BCUT2D eigenvalue weighted by atomic mass is 9.93. The molecular formula is C18H26IN5. The summed E-state index contributed by atoms with van der Waals surface area (Å²) in [7, 11) is 1.84. The average Bonchev–Trinajstić information content (AvgIpc) is 3.16. The van der Waals surface area contributed by atoms with Crippen LogP contribution in [0.2, 0.25) is 0 Å². The van der Waals surface area contributed by atoms with Crippen LogP contribution in [0.3, 0.4) is 0 Å². The second kappa shape index (κ2) is 8.00. The summed E-state index contributed by atoms with van der Waals surface area (Å²) in [6.45, 7) is 7.36. The number of benzene rings is 1. The summed E-state index contributed by atoms with van der Waals surface area (Å²) in [6, 6.07) is 10.2. The SMILES string of the molecule is CN=C(NCc1ncc(-c2ccccc2)[nH]1)N1CCC(C)(C)C1.I. The Hall–Kier alpha value is -1.57. The van der Waals surface area contributed by atoms with Crippen LogP contribution in [0.5, 0.6) is 0 Å². The molecule has 0 atom stereocenters. The smallest absolute Gasteiger partial charge is 0.194 e. The third-order valence-electron chi connectivity index (χ3n) is 4.32. The first kappa shape index (κ1) is 18.8. The minimum Gasteiger partial charge on any atom is -0.349 e. The van der Waals surface area contributed by atoms with Crippen LogP contribution >= 0.6 is 24.0 Å². The molecule has 1 aromatic carbocycles. The number of aliphatic imine (C=N–C) groups is 1. The Balaban J connectivity index is 0.00000208. The van der Waals surface area contributed by atoms with Crippen LogP contribution in [0.15, 0.2) is 41.5 Å². The van der Waals surface area contributed by atoms with Crippen LogP contribution in [0, 0.1) is 5.41 Å². The molecule has 5 nitrogen and oxygen atoms in total. The van der Waals surface area contributed by atoms with E-state index in [1.807, 2.05) is 31.4 Å². The standard InChI is InChI=1S/C18H25N5.HI/c1-18(2)9-10-23(13-18)17(19-3)21-12-16-20-11-15(22-16)14-7-5-4-6-8-14;/h4-8,11H,9-10,12-13H2,1-3H3,(H,19,21)(H,20,22);1H. The second-order valence-corrected chi connectivity index (χ2v) is 6.85. The van der Waals surface area contributed by atoms with Crippen molar-refractivity contribution in [3.05, 3.63) is 42.4 Å². The Morgan fingerprint density at radius 1 is 1.33 bits per heavy atom. The highest BCUT2D eigenvalue weighted by atomic mass is 127. The Bertz CT molecular complexity index is 678. The van der Waals surface area contributed by atoms with E-state index in [2.05, 4.69) is 51.2 Å². The number of nitrogens with one attached hydrogen (secondary N) is 2. The van der Waals surface area contributed by atoms with Crippen molar-refractivity contribution in [2.45, 2.75) is 26.8 Å². The molecule has 0 radical (unpaired) electrons. The van der Waals surface area contributed by atoms with Gasteiger partial charge in [-0.2, -0.15) is 0 Å². The van der Waals surface area contributed by atoms with Gasteiger partial charge in [-0.3, -0.25) is 4.99 Å². The number of nitrogens with zero attached hydrogens (tertiary/aromatic N) is 3. The van der Waals surface area contributed by atoms with Crippen molar-refractivity contribution in [3.63, 3.8) is 0 Å². The third-order valence-corrected chi connectivity index (χ3v) is 4.32. The van der Waals surface area contributed by atoms with Crippen molar-refractivity contribution in [2.24, 2.45) is 10.4 Å². The van der Waals surface area contributed by atoms with Gasteiger partial charge in [0.2, 0.25) is 0 Å². The van der Waals surface area contributed by atoms with Crippen molar-refractivity contribution in [2.75, 3.05) is 20.1 Å². The van der Waals surface area contributed by atoms with Gasteiger partial charge in [-0.05, 0) is 17.4 Å². The molecule has 130 valence electrons. The lowest BCUT2D eigenvalue weighted by Crippen LogP contribution is -2.40. The number of aromatic nitrogens is 2. The number of halogens is 1. The normalized spacial score (nSPS) is 16.8. The van der Waals surface area contributed by atoms with Crippen molar-refractivity contribution in [1.82, 2.24) is 20.2 Å². The monoisotopic (exact) mass is 439 g/mol. The van der Waals surface area contributed by atoms with Gasteiger partial charge in [-0.25, -0.2) is 4.98 Å². The zero-order chi connectivity index (χ0) is 16.3. The van der Waals surface area contributed by atoms with Crippen molar-refractivity contribution in [1.29, 1.82) is 0 Å². The summed E-state index contributed by atoms with van der Waals surface area (Å²) < 4.78 is 0. The highest BCUT2D eigenvalue weighted by Crippen LogP contribution is 2.28. The Labute approximate surface area is 161 Å². The summed E-state index contributed by atoms with van der Waals surface area (Å²) in [4.78, 5) is 14.6. The first-order valence-corrected chi connectivity index (χ1v) is 8.12. The molecule has 6 heteroatoms. The van der Waals surface area contributed by atoms with Crippen molar-refractivity contribution in [3.8, 4) is 11.3 Å². The largest absolute Gasteiger partial charge is 0.349 e.